The van der Waals surface area contributed by atoms with Crippen molar-refractivity contribution in [3.8, 4) is 0 Å². The molecule has 0 radical (unpaired) electrons. The summed E-state index contributed by atoms with van der Waals surface area (Å²) in [4.78, 5) is 45.4. The van der Waals surface area contributed by atoms with E-state index in [1.54, 1.807) is 9.80 Å². The average molecular weight is 518 g/mol. The molecule has 36 heavy (non-hydrogen) atoms. The maximum atomic E-state index is 12.5. The Balaban J connectivity index is 1.30. The minimum absolute atomic E-state index is 0.106. The number of carbonyl (C=O) groups is 2. The van der Waals surface area contributed by atoms with Gasteiger partial charge in [-0.3, -0.25) is 0 Å². The van der Waals surface area contributed by atoms with E-state index in [-0.39, 0.29) is 24.1 Å². The summed E-state index contributed by atoms with van der Waals surface area (Å²) in [6.45, 7) is 9.97. The summed E-state index contributed by atoms with van der Waals surface area (Å²) < 4.78 is 10.9. The molecule has 0 spiro atoms. The number of anilines is 2. The Morgan fingerprint density at radius 1 is 0.806 bits per heavy atom. The van der Waals surface area contributed by atoms with Gasteiger partial charge in [-0.25, -0.2) is 9.59 Å². The summed E-state index contributed by atoms with van der Waals surface area (Å²) in [6.07, 6.45) is -0.660. The predicted molar refractivity (Wildman–Crippen MR) is 135 cm³/mol. The second-order valence-corrected chi connectivity index (χ2v) is 10.0. The Bertz CT molecular complexity index is 1050. The van der Waals surface area contributed by atoms with Crippen LogP contribution in [0.4, 0.5) is 21.5 Å². The zero-order valence-corrected chi connectivity index (χ0v) is 21.6. The van der Waals surface area contributed by atoms with Crippen LogP contribution in [0.15, 0.2) is 30.3 Å². The summed E-state index contributed by atoms with van der Waals surface area (Å²) in [5.74, 6) is 0.940. The van der Waals surface area contributed by atoms with Crippen molar-refractivity contribution in [2.24, 2.45) is 0 Å². The molecular weight excluding hydrogens is 486 g/mol. The van der Waals surface area contributed by atoms with Crippen LogP contribution in [-0.2, 0) is 16.1 Å². The standard InChI is InChI=1S/C24H32ClN7O4/c1-24(2,3)36-23(34)32-15-11-30(12-16-32)21-27-19(25)26-20(28-21)29-9-13-31(14-10-29)22(33)35-17-18-7-5-4-6-8-18/h4-8H,9-17H2,1-3H3. The third-order valence-electron chi connectivity index (χ3n) is 5.82. The first-order valence-corrected chi connectivity index (χ1v) is 12.4. The van der Waals surface area contributed by atoms with E-state index < -0.39 is 5.60 Å². The molecule has 1 aromatic heterocycles. The zero-order valence-electron chi connectivity index (χ0n) is 20.9. The van der Waals surface area contributed by atoms with Gasteiger partial charge < -0.3 is 29.1 Å². The normalized spacial score (nSPS) is 16.7. The van der Waals surface area contributed by atoms with Crippen molar-refractivity contribution in [1.29, 1.82) is 0 Å². The summed E-state index contributed by atoms with van der Waals surface area (Å²) in [6, 6.07) is 9.59. The maximum Gasteiger partial charge on any atom is 0.410 e. The molecule has 11 nitrogen and oxygen atoms in total. The molecule has 0 atom stereocenters. The van der Waals surface area contributed by atoms with Gasteiger partial charge in [0.05, 0.1) is 0 Å². The van der Waals surface area contributed by atoms with E-state index >= 15 is 0 Å². The number of aromatic nitrogens is 3. The van der Waals surface area contributed by atoms with E-state index in [2.05, 4.69) is 15.0 Å². The molecule has 194 valence electrons. The van der Waals surface area contributed by atoms with Gasteiger partial charge in [0.25, 0.3) is 0 Å². The molecule has 4 rings (SSSR count). The molecule has 3 heterocycles. The van der Waals surface area contributed by atoms with E-state index in [0.717, 1.165) is 5.56 Å². The number of hydrogen-bond donors (Lipinski definition) is 0. The summed E-state index contributed by atoms with van der Waals surface area (Å²) in [5.41, 5.74) is 0.414. The fraction of sp³-hybridized carbons (Fsp3) is 0.542. The summed E-state index contributed by atoms with van der Waals surface area (Å²) in [7, 11) is 0. The molecule has 2 saturated heterocycles. The number of piperazine rings is 2. The molecule has 2 aliphatic rings. The SMILES string of the molecule is CC(C)(C)OC(=O)N1CCN(c2nc(Cl)nc(N3CCN(C(=O)OCc4ccccc4)CC3)n2)CC1. The van der Waals surface area contributed by atoms with E-state index in [1.165, 1.54) is 0 Å². The Kier molecular flexibility index (Phi) is 7.97. The Hall–Kier alpha value is -3.34. The van der Waals surface area contributed by atoms with Crippen molar-refractivity contribution in [3.05, 3.63) is 41.2 Å². The molecular formula is C24H32ClN7O4. The van der Waals surface area contributed by atoms with Crippen LogP contribution in [0.1, 0.15) is 26.3 Å². The number of rotatable bonds is 4. The number of hydrogen-bond acceptors (Lipinski definition) is 9. The number of benzene rings is 1. The molecule has 2 aromatic rings. The quantitative estimate of drug-likeness (QED) is 0.605. The third-order valence-corrected chi connectivity index (χ3v) is 5.99. The van der Waals surface area contributed by atoms with Crippen LogP contribution in [-0.4, -0.2) is 94.9 Å². The lowest BCUT2D eigenvalue weighted by Crippen LogP contribution is -2.51. The van der Waals surface area contributed by atoms with Crippen molar-refractivity contribution < 1.29 is 19.1 Å². The highest BCUT2D eigenvalue weighted by Crippen LogP contribution is 2.20. The van der Waals surface area contributed by atoms with Gasteiger partial charge in [0.2, 0.25) is 17.2 Å². The van der Waals surface area contributed by atoms with E-state index in [1.807, 2.05) is 60.9 Å². The predicted octanol–water partition coefficient (Wildman–Crippen LogP) is 3.04. The fourth-order valence-electron chi connectivity index (χ4n) is 3.93. The lowest BCUT2D eigenvalue weighted by Gasteiger charge is -2.36. The number of amides is 2. The number of halogens is 1. The summed E-state index contributed by atoms with van der Waals surface area (Å²) >= 11 is 6.23. The lowest BCUT2D eigenvalue weighted by molar-refractivity contribution is 0.0240. The molecule has 0 saturated carbocycles. The summed E-state index contributed by atoms with van der Waals surface area (Å²) in [5, 5.41) is 0.106. The first-order chi connectivity index (χ1) is 17.2. The minimum Gasteiger partial charge on any atom is -0.445 e. The molecule has 2 fully saturated rings. The van der Waals surface area contributed by atoms with Crippen molar-refractivity contribution in [1.82, 2.24) is 24.8 Å². The molecule has 1 aromatic carbocycles. The molecule has 2 aliphatic heterocycles. The van der Waals surface area contributed by atoms with Gasteiger partial charge in [-0.2, -0.15) is 15.0 Å². The lowest BCUT2D eigenvalue weighted by atomic mass is 10.2. The van der Waals surface area contributed by atoms with Gasteiger partial charge in [-0.1, -0.05) is 30.3 Å². The smallest absolute Gasteiger partial charge is 0.410 e. The van der Waals surface area contributed by atoms with Gasteiger partial charge in [0.15, 0.2) is 0 Å². The van der Waals surface area contributed by atoms with Crippen LogP contribution in [0.5, 0.6) is 0 Å². The number of ether oxygens (including phenoxy) is 2. The zero-order chi connectivity index (χ0) is 25.7. The molecule has 2 amide bonds. The average Bonchev–Trinajstić information content (AvgIpc) is 2.87. The van der Waals surface area contributed by atoms with E-state index in [4.69, 9.17) is 21.1 Å². The van der Waals surface area contributed by atoms with Gasteiger partial charge in [-0.15, -0.1) is 0 Å². The number of carbonyl (C=O) groups excluding carboxylic acids is 2. The first-order valence-electron chi connectivity index (χ1n) is 12.0. The monoisotopic (exact) mass is 517 g/mol. The van der Waals surface area contributed by atoms with Crippen LogP contribution in [0.3, 0.4) is 0 Å². The van der Waals surface area contributed by atoms with Crippen LogP contribution >= 0.6 is 11.6 Å². The number of nitrogens with zero attached hydrogens (tertiary/aromatic N) is 7. The van der Waals surface area contributed by atoms with Gasteiger partial charge in [0, 0.05) is 52.4 Å². The molecule has 0 bridgehead atoms. The molecule has 0 unspecified atom stereocenters. The molecule has 12 heteroatoms. The van der Waals surface area contributed by atoms with Crippen molar-refractivity contribution in [2.75, 3.05) is 62.2 Å². The highest BCUT2D eigenvalue weighted by atomic mass is 35.5. The highest BCUT2D eigenvalue weighted by Gasteiger charge is 2.29. The first kappa shape index (κ1) is 25.7. The van der Waals surface area contributed by atoms with Crippen LogP contribution in [0.25, 0.3) is 0 Å². The third kappa shape index (κ3) is 6.87. The Labute approximate surface area is 216 Å². The second-order valence-electron chi connectivity index (χ2n) is 9.67. The van der Waals surface area contributed by atoms with Crippen LogP contribution in [0.2, 0.25) is 5.28 Å². The fourth-order valence-corrected chi connectivity index (χ4v) is 4.08. The van der Waals surface area contributed by atoms with Gasteiger partial charge in [-0.05, 0) is 37.9 Å². The van der Waals surface area contributed by atoms with Gasteiger partial charge >= 0.3 is 12.2 Å². The van der Waals surface area contributed by atoms with E-state index in [9.17, 15) is 9.59 Å². The van der Waals surface area contributed by atoms with Crippen molar-refractivity contribution in [3.63, 3.8) is 0 Å². The minimum atomic E-state index is -0.534. The van der Waals surface area contributed by atoms with Crippen LogP contribution in [0, 0.1) is 0 Å². The van der Waals surface area contributed by atoms with Crippen molar-refractivity contribution in [2.45, 2.75) is 33.0 Å². The second kappa shape index (κ2) is 11.2. The molecule has 0 aliphatic carbocycles. The highest BCUT2D eigenvalue weighted by molar-refractivity contribution is 6.28. The van der Waals surface area contributed by atoms with Gasteiger partial charge in [0.1, 0.15) is 12.2 Å². The topological polar surface area (TPSA) is 104 Å². The molecule has 0 N–H and O–H groups in total. The maximum absolute atomic E-state index is 12.5. The van der Waals surface area contributed by atoms with Crippen molar-refractivity contribution >= 4 is 35.7 Å². The van der Waals surface area contributed by atoms with E-state index in [0.29, 0.717) is 64.3 Å². The Morgan fingerprint density at radius 2 is 1.31 bits per heavy atom. The Morgan fingerprint density at radius 3 is 1.81 bits per heavy atom. The van der Waals surface area contributed by atoms with Crippen LogP contribution < -0.4 is 9.80 Å². The largest absolute Gasteiger partial charge is 0.445 e.